The molecule has 1 aromatic carbocycles. The maximum absolute atomic E-state index is 13.2. The number of hydrogen-bond donors (Lipinski definition) is 1. The molecule has 1 N–H and O–H groups in total. The van der Waals surface area contributed by atoms with Gasteiger partial charge in [0.1, 0.15) is 11.9 Å². The number of nitrogens with zero attached hydrogens (tertiary/aromatic N) is 1. The van der Waals surface area contributed by atoms with Crippen LogP contribution in [0, 0.1) is 23.7 Å². The van der Waals surface area contributed by atoms with Gasteiger partial charge in [0, 0.05) is 31.5 Å². The first-order chi connectivity index (χ1) is 16.3. The average molecular weight is 497 g/mol. The second kappa shape index (κ2) is 10.8. The standard InChI is InChI=1S/C24H36N2O7S/c1-16(2)14-26(34(28,29)19-7-5-18(30-3)6-8-19)11-4-10-25-24(27)33-21-13-17-9-12-31-23-22(17)20(21)15-32-23/h5-8,16-17,20-23H,4,9-15H2,1-3H3,(H,25,27). The number of nitrogens with one attached hydrogen (secondary N) is 1. The summed E-state index contributed by atoms with van der Waals surface area (Å²) in [6, 6.07) is 6.39. The van der Waals surface area contributed by atoms with E-state index in [9.17, 15) is 13.2 Å². The lowest BCUT2D eigenvalue weighted by molar-refractivity contribution is -0.164. The molecule has 1 aromatic rings. The predicted octanol–water partition coefficient (Wildman–Crippen LogP) is 2.86. The van der Waals surface area contributed by atoms with Crippen molar-refractivity contribution in [3.05, 3.63) is 24.3 Å². The Morgan fingerprint density at radius 2 is 2.00 bits per heavy atom. The van der Waals surface area contributed by atoms with Crippen LogP contribution in [0.15, 0.2) is 29.2 Å². The van der Waals surface area contributed by atoms with E-state index in [1.54, 1.807) is 31.4 Å². The second-order valence-electron chi connectivity index (χ2n) is 9.75. The van der Waals surface area contributed by atoms with Crippen LogP contribution in [-0.4, -0.2) is 71.2 Å². The zero-order chi connectivity index (χ0) is 24.3. The van der Waals surface area contributed by atoms with E-state index in [4.69, 9.17) is 18.9 Å². The summed E-state index contributed by atoms with van der Waals surface area (Å²) in [7, 11) is -2.11. The Kier molecular flexibility index (Phi) is 8.01. The van der Waals surface area contributed by atoms with Crippen molar-refractivity contribution in [3.63, 3.8) is 0 Å². The smallest absolute Gasteiger partial charge is 0.407 e. The van der Waals surface area contributed by atoms with Gasteiger partial charge in [-0.3, -0.25) is 0 Å². The molecule has 0 aromatic heterocycles. The molecule has 2 aliphatic heterocycles. The Labute approximate surface area is 202 Å². The molecule has 0 bridgehead atoms. The van der Waals surface area contributed by atoms with Crippen molar-refractivity contribution in [1.82, 2.24) is 9.62 Å². The van der Waals surface area contributed by atoms with Crippen LogP contribution < -0.4 is 10.1 Å². The van der Waals surface area contributed by atoms with E-state index in [1.807, 2.05) is 13.8 Å². The first-order valence-corrected chi connectivity index (χ1v) is 13.6. The van der Waals surface area contributed by atoms with E-state index in [-0.39, 0.29) is 29.1 Å². The van der Waals surface area contributed by atoms with Crippen molar-refractivity contribution < 1.29 is 32.2 Å². The van der Waals surface area contributed by atoms with Gasteiger partial charge in [-0.2, -0.15) is 4.31 Å². The van der Waals surface area contributed by atoms with Gasteiger partial charge in [0.05, 0.1) is 25.2 Å². The number of rotatable bonds is 10. The number of ether oxygens (including phenoxy) is 4. The molecule has 10 heteroatoms. The minimum atomic E-state index is -3.65. The maximum Gasteiger partial charge on any atom is 0.407 e. The molecule has 5 atom stereocenters. The van der Waals surface area contributed by atoms with E-state index in [0.29, 0.717) is 56.9 Å². The fourth-order valence-electron chi connectivity index (χ4n) is 5.37. The van der Waals surface area contributed by atoms with E-state index in [1.165, 1.54) is 4.31 Å². The lowest BCUT2D eigenvalue weighted by atomic mass is 9.87. The fraction of sp³-hybridized carbons (Fsp3) is 0.708. The third-order valence-electron chi connectivity index (χ3n) is 6.97. The molecule has 34 heavy (non-hydrogen) atoms. The summed E-state index contributed by atoms with van der Waals surface area (Å²) < 4.78 is 50.1. The van der Waals surface area contributed by atoms with Crippen molar-refractivity contribution in [2.75, 3.05) is 40.0 Å². The first kappa shape index (κ1) is 25.2. The number of alkyl carbamates (subject to hydrolysis) is 1. The van der Waals surface area contributed by atoms with Crippen LogP contribution in [0.3, 0.4) is 0 Å². The molecule has 2 heterocycles. The zero-order valence-electron chi connectivity index (χ0n) is 20.1. The first-order valence-electron chi connectivity index (χ1n) is 12.1. The minimum Gasteiger partial charge on any atom is -0.497 e. The highest BCUT2D eigenvalue weighted by atomic mass is 32.2. The lowest BCUT2D eigenvalue weighted by Gasteiger charge is -2.29. The molecular formula is C24H36N2O7S. The van der Waals surface area contributed by atoms with Gasteiger partial charge in [-0.1, -0.05) is 13.8 Å². The molecule has 5 unspecified atom stereocenters. The van der Waals surface area contributed by atoms with Gasteiger partial charge < -0.3 is 24.3 Å². The molecule has 3 aliphatic rings. The Morgan fingerprint density at radius 3 is 2.71 bits per heavy atom. The normalized spacial score (nSPS) is 28.2. The molecule has 3 fully saturated rings. The largest absolute Gasteiger partial charge is 0.497 e. The highest BCUT2D eigenvalue weighted by Crippen LogP contribution is 2.49. The lowest BCUT2D eigenvalue weighted by Crippen LogP contribution is -2.37. The van der Waals surface area contributed by atoms with Crippen LogP contribution in [0.4, 0.5) is 4.79 Å². The Bertz CT molecular complexity index is 937. The van der Waals surface area contributed by atoms with E-state index in [0.717, 1.165) is 12.8 Å². The van der Waals surface area contributed by atoms with Gasteiger partial charge in [-0.15, -0.1) is 0 Å². The third-order valence-corrected chi connectivity index (χ3v) is 8.85. The number of carbonyl (C=O) groups is 1. The van der Waals surface area contributed by atoms with Crippen LogP contribution in [0.1, 0.15) is 33.1 Å². The number of amides is 1. The summed E-state index contributed by atoms with van der Waals surface area (Å²) in [4.78, 5) is 12.7. The number of carbonyl (C=O) groups excluding carboxylic acids is 1. The second-order valence-corrected chi connectivity index (χ2v) is 11.7. The average Bonchev–Trinajstić information content (AvgIpc) is 3.40. The van der Waals surface area contributed by atoms with Crippen LogP contribution in [0.25, 0.3) is 0 Å². The third kappa shape index (κ3) is 5.50. The van der Waals surface area contributed by atoms with Gasteiger partial charge in [0.15, 0.2) is 6.29 Å². The van der Waals surface area contributed by atoms with Crippen molar-refractivity contribution in [2.24, 2.45) is 23.7 Å². The van der Waals surface area contributed by atoms with Crippen LogP contribution >= 0.6 is 0 Å². The summed E-state index contributed by atoms with van der Waals surface area (Å²) in [5.74, 6) is 1.76. The topological polar surface area (TPSA) is 103 Å². The highest BCUT2D eigenvalue weighted by Gasteiger charge is 2.55. The molecular weight excluding hydrogens is 460 g/mol. The molecule has 0 radical (unpaired) electrons. The zero-order valence-corrected chi connectivity index (χ0v) is 21.0. The van der Waals surface area contributed by atoms with Crippen LogP contribution in [0.2, 0.25) is 0 Å². The summed E-state index contributed by atoms with van der Waals surface area (Å²) in [5, 5.41) is 2.79. The fourth-order valence-corrected chi connectivity index (χ4v) is 7.01. The Balaban J connectivity index is 1.27. The molecule has 0 spiro atoms. The van der Waals surface area contributed by atoms with Crippen molar-refractivity contribution >= 4 is 16.1 Å². The number of sulfonamides is 1. The van der Waals surface area contributed by atoms with Crippen molar-refractivity contribution in [1.29, 1.82) is 0 Å². The summed E-state index contributed by atoms with van der Waals surface area (Å²) in [6.07, 6.45) is 1.55. The van der Waals surface area contributed by atoms with Gasteiger partial charge in [0.2, 0.25) is 10.0 Å². The molecule has 1 saturated carbocycles. The molecule has 1 amide bonds. The maximum atomic E-state index is 13.2. The number of methoxy groups -OCH3 is 1. The molecule has 2 saturated heterocycles. The van der Waals surface area contributed by atoms with Gasteiger partial charge >= 0.3 is 6.09 Å². The molecule has 4 rings (SSSR count). The summed E-state index contributed by atoms with van der Waals surface area (Å²) >= 11 is 0. The number of hydrogen-bond acceptors (Lipinski definition) is 7. The van der Waals surface area contributed by atoms with Crippen molar-refractivity contribution in [3.8, 4) is 5.75 Å². The van der Waals surface area contributed by atoms with E-state index < -0.39 is 16.1 Å². The SMILES string of the molecule is COc1ccc(S(=O)(=O)N(CCCNC(=O)OC2CC3CCOC4OCC2C34)CC(C)C)cc1. The van der Waals surface area contributed by atoms with Gasteiger partial charge in [-0.25, -0.2) is 13.2 Å². The molecule has 1 aliphatic carbocycles. The monoisotopic (exact) mass is 496 g/mol. The molecule has 9 nitrogen and oxygen atoms in total. The summed E-state index contributed by atoms with van der Waals surface area (Å²) in [6.45, 7) is 6.25. The minimum absolute atomic E-state index is 0.153. The van der Waals surface area contributed by atoms with Gasteiger partial charge in [0.25, 0.3) is 0 Å². The number of benzene rings is 1. The summed E-state index contributed by atoms with van der Waals surface area (Å²) in [5.41, 5.74) is 0. The predicted molar refractivity (Wildman–Crippen MR) is 125 cm³/mol. The van der Waals surface area contributed by atoms with Crippen LogP contribution in [0.5, 0.6) is 5.75 Å². The Hall–Kier alpha value is -1.88. The van der Waals surface area contributed by atoms with Crippen LogP contribution in [-0.2, 0) is 24.2 Å². The quantitative estimate of drug-likeness (QED) is 0.497. The van der Waals surface area contributed by atoms with Crippen molar-refractivity contribution in [2.45, 2.75) is 50.4 Å². The van der Waals surface area contributed by atoms with E-state index >= 15 is 0 Å². The Morgan fingerprint density at radius 1 is 1.24 bits per heavy atom. The van der Waals surface area contributed by atoms with E-state index in [2.05, 4.69) is 5.32 Å². The van der Waals surface area contributed by atoms with Gasteiger partial charge in [-0.05, 0) is 55.4 Å². The highest BCUT2D eigenvalue weighted by molar-refractivity contribution is 7.89. The molecule has 190 valence electrons.